The molecule has 1 unspecified atom stereocenters. The van der Waals surface area contributed by atoms with Crippen LogP contribution in [0.1, 0.15) is 13.3 Å². The molecule has 12 heavy (non-hydrogen) atoms. The molecule has 0 aliphatic heterocycles. The lowest BCUT2D eigenvalue weighted by molar-refractivity contribution is -0.144. The van der Waals surface area contributed by atoms with Gasteiger partial charge in [-0.1, -0.05) is 13.5 Å². The minimum atomic E-state index is -0.885. The molecule has 0 spiro atoms. The van der Waals surface area contributed by atoms with E-state index in [-0.39, 0.29) is 6.61 Å². The highest BCUT2D eigenvalue weighted by Crippen LogP contribution is 2.01. The third-order valence-electron chi connectivity index (χ3n) is 1.38. The molecule has 0 heterocycles. The van der Waals surface area contributed by atoms with Gasteiger partial charge in [0.05, 0.1) is 12.5 Å². The van der Waals surface area contributed by atoms with Crippen molar-refractivity contribution in [1.82, 2.24) is 0 Å². The van der Waals surface area contributed by atoms with Gasteiger partial charge in [0.25, 0.3) is 0 Å². The lowest BCUT2D eigenvalue weighted by Crippen LogP contribution is -2.13. The van der Waals surface area contributed by atoms with Crippen molar-refractivity contribution in [3.8, 4) is 0 Å². The molecule has 0 aromatic heterocycles. The van der Waals surface area contributed by atoms with Crippen molar-refractivity contribution >= 4 is 11.9 Å². The normalized spacial score (nSPS) is 11.8. The number of esters is 1. The van der Waals surface area contributed by atoms with Crippen LogP contribution in [0.2, 0.25) is 0 Å². The number of hydrogen-bond acceptors (Lipinski definition) is 3. The molecule has 4 heteroatoms. The zero-order chi connectivity index (χ0) is 9.56. The Kier molecular flexibility index (Phi) is 4.76. The van der Waals surface area contributed by atoms with Gasteiger partial charge in [-0.3, -0.25) is 4.79 Å². The van der Waals surface area contributed by atoms with Crippen LogP contribution in [0.15, 0.2) is 12.7 Å². The Bertz CT molecular complexity index is 185. The van der Waals surface area contributed by atoms with Crippen molar-refractivity contribution in [2.75, 3.05) is 6.61 Å². The minimum Gasteiger partial charge on any atom is -0.481 e. The fourth-order valence-corrected chi connectivity index (χ4v) is 0.519. The average Bonchev–Trinajstić information content (AvgIpc) is 2.03. The van der Waals surface area contributed by atoms with E-state index in [9.17, 15) is 9.59 Å². The third-order valence-corrected chi connectivity index (χ3v) is 1.38. The fraction of sp³-hybridized carbons (Fsp3) is 0.500. The van der Waals surface area contributed by atoms with Gasteiger partial charge >= 0.3 is 11.9 Å². The molecule has 0 aliphatic rings. The maximum absolute atomic E-state index is 10.5. The van der Waals surface area contributed by atoms with E-state index in [0.717, 1.165) is 6.08 Å². The van der Waals surface area contributed by atoms with E-state index in [4.69, 9.17) is 5.11 Å². The van der Waals surface area contributed by atoms with Gasteiger partial charge in [-0.2, -0.15) is 0 Å². The first-order chi connectivity index (χ1) is 5.57. The molecule has 0 rings (SSSR count). The second kappa shape index (κ2) is 5.35. The maximum atomic E-state index is 10.5. The van der Waals surface area contributed by atoms with E-state index in [0.29, 0.717) is 6.42 Å². The fourth-order valence-electron chi connectivity index (χ4n) is 0.519. The van der Waals surface area contributed by atoms with Crippen molar-refractivity contribution < 1.29 is 19.4 Å². The first-order valence-electron chi connectivity index (χ1n) is 3.60. The molecular formula is C8H12O4. The summed E-state index contributed by atoms with van der Waals surface area (Å²) in [6.45, 7) is 4.89. The summed E-state index contributed by atoms with van der Waals surface area (Å²) in [5, 5.41) is 8.44. The van der Waals surface area contributed by atoms with Gasteiger partial charge in [0, 0.05) is 6.08 Å². The smallest absolute Gasteiger partial charge is 0.330 e. The minimum absolute atomic E-state index is 0.123. The van der Waals surface area contributed by atoms with Gasteiger partial charge in [-0.25, -0.2) is 4.79 Å². The molecular weight excluding hydrogens is 160 g/mol. The Hall–Kier alpha value is -1.32. The highest BCUT2D eigenvalue weighted by Gasteiger charge is 2.10. The second-order valence-corrected chi connectivity index (χ2v) is 2.40. The predicted molar refractivity (Wildman–Crippen MR) is 42.6 cm³/mol. The average molecular weight is 172 g/mol. The number of carboxylic acid groups (broad SMARTS) is 1. The van der Waals surface area contributed by atoms with Crippen LogP contribution in [0.4, 0.5) is 0 Å². The zero-order valence-electron chi connectivity index (χ0n) is 6.95. The van der Waals surface area contributed by atoms with Gasteiger partial charge < -0.3 is 9.84 Å². The van der Waals surface area contributed by atoms with Crippen LogP contribution in [0.3, 0.4) is 0 Å². The number of ether oxygens (including phenoxy) is 1. The highest BCUT2D eigenvalue weighted by molar-refractivity contribution is 5.81. The summed E-state index contributed by atoms with van der Waals surface area (Å²) >= 11 is 0. The Morgan fingerprint density at radius 2 is 2.25 bits per heavy atom. The molecule has 0 radical (unpaired) electrons. The third kappa shape index (κ3) is 4.49. The molecule has 0 saturated heterocycles. The van der Waals surface area contributed by atoms with Gasteiger partial charge in [0.1, 0.15) is 0 Å². The Labute approximate surface area is 70.8 Å². The number of carboxylic acids is 1. The molecule has 1 N–H and O–H groups in total. The molecule has 0 aromatic rings. The number of carbonyl (C=O) groups excluding carboxylic acids is 1. The number of rotatable bonds is 5. The predicted octanol–water partition coefficient (Wildman–Crippen LogP) is 0.826. The van der Waals surface area contributed by atoms with E-state index in [1.165, 1.54) is 0 Å². The van der Waals surface area contributed by atoms with E-state index in [1.807, 2.05) is 0 Å². The van der Waals surface area contributed by atoms with Crippen LogP contribution in [-0.2, 0) is 14.3 Å². The summed E-state index contributed by atoms with van der Waals surface area (Å²) in [4.78, 5) is 20.8. The van der Waals surface area contributed by atoms with Gasteiger partial charge in [0.2, 0.25) is 0 Å². The number of carbonyl (C=O) groups is 2. The maximum Gasteiger partial charge on any atom is 0.330 e. The Morgan fingerprint density at radius 3 is 2.67 bits per heavy atom. The van der Waals surface area contributed by atoms with Crippen LogP contribution in [0.25, 0.3) is 0 Å². The van der Waals surface area contributed by atoms with Gasteiger partial charge in [-0.05, 0) is 6.42 Å². The second-order valence-electron chi connectivity index (χ2n) is 2.40. The monoisotopic (exact) mass is 172 g/mol. The molecule has 68 valence electrons. The van der Waals surface area contributed by atoms with Crippen molar-refractivity contribution in [2.45, 2.75) is 13.3 Å². The summed E-state index contributed by atoms with van der Waals surface area (Å²) in [6, 6.07) is 0. The van der Waals surface area contributed by atoms with E-state index in [2.05, 4.69) is 11.3 Å². The van der Waals surface area contributed by atoms with Crippen LogP contribution < -0.4 is 0 Å². The van der Waals surface area contributed by atoms with Crippen LogP contribution in [0, 0.1) is 5.92 Å². The summed E-state index contributed by atoms with van der Waals surface area (Å²) in [5.74, 6) is -1.89. The summed E-state index contributed by atoms with van der Waals surface area (Å²) in [5.41, 5.74) is 0. The molecule has 4 nitrogen and oxygen atoms in total. The molecule has 0 amide bonds. The van der Waals surface area contributed by atoms with Crippen LogP contribution in [-0.4, -0.2) is 23.7 Å². The van der Waals surface area contributed by atoms with Gasteiger partial charge in [0.15, 0.2) is 0 Å². The van der Waals surface area contributed by atoms with Crippen molar-refractivity contribution in [1.29, 1.82) is 0 Å². The largest absolute Gasteiger partial charge is 0.481 e. The number of aliphatic carboxylic acids is 1. The standard InChI is InChI=1S/C8H12O4/c1-3-7(9)12-5-4-6(2)8(10)11/h3,6H,1,4-5H2,2H3,(H,10,11). The molecule has 0 aromatic carbocycles. The SMILES string of the molecule is C=CC(=O)OCCC(C)C(=O)O. The highest BCUT2D eigenvalue weighted by atomic mass is 16.5. The lowest BCUT2D eigenvalue weighted by Gasteiger charge is -2.04. The molecule has 0 fully saturated rings. The van der Waals surface area contributed by atoms with Crippen molar-refractivity contribution in [3.63, 3.8) is 0 Å². The summed E-state index contributed by atoms with van der Waals surface area (Å²) < 4.78 is 4.59. The van der Waals surface area contributed by atoms with Crippen molar-refractivity contribution in [2.24, 2.45) is 5.92 Å². The van der Waals surface area contributed by atoms with Crippen LogP contribution >= 0.6 is 0 Å². The lowest BCUT2D eigenvalue weighted by atomic mass is 10.1. The summed E-state index contributed by atoms with van der Waals surface area (Å²) in [7, 11) is 0. The van der Waals surface area contributed by atoms with Gasteiger partial charge in [-0.15, -0.1) is 0 Å². The van der Waals surface area contributed by atoms with Crippen LogP contribution in [0.5, 0.6) is 0 Å². The van der Waals surface area contributed by atoms with Crippen molar-refractivity contribution in [3.05, 3.63) is 12.7 Å². The quantitative estimate of drug-likeness (QED) is 0.492. The summed E-state index contributed by atoms with van der Waals surface area (Å²) in [6.07, 6.45) is 1.38. The Morgan fingerprint density at radius 1 is 1.67 bits per heavy atom. The first kappa shape index (κ1) is 10.7. The van der Waals surface area contributed by atoms with E-state index < -0.39 is 17.9 Å². The zero-order valence-corrected chi connectivity index (χ0v) is 6.95. The Balaban J connectivity index is 3.49. The van der Waals surface area contributed by atoms with E-state index >= 15 is 0 Å². The topological polar surface area (TPSA) is 63.6 Å². The molecule has 1 atom stereocenters. The first-order valence-corrected chi connectivity index (χ1v) is 3.60. The van der Waals surface area contributed by atoms with E-state index in [1.54, 1.807) is 6.92 Å². The molecule has 0 aliphatic carbocycles. The number of hydrogen-bond donors (Lipinski definition) is 1. The molecule has 0 saturated carbocycles. The molecule has 0 bridgehead atoms.